The van der Waals surface area contributed by atoms with Gasteiger partial charge in [-0.1, -0.05) is 18.2 Å². The van der Waals surface area contributed by atoms with Gasteiger partial charge >= 0.3 is 0 Å². The van der Waals surface area contributed by atoms with Gasteiger partial charge in [-0.05, 0) is 25.0 Å². The first-order valence-electron chi connectivity index (χ1n) is 6.92. The minimum Gasteiger partial charge on any atom is -0.353 e. The summed E-state index contributed by atoms with van der Waals surface area (Å²) in [6.07, 6.45) is 4.01. The van der Waals surface area contributed by atoms with Crippen molar-refractivity contribution in [1.29, 1.82) is 0 Å². The molecule has 1 saturated carbocycles. The van der Waals surface area contributed by atoms with E-state index >= 15 is 0 Å². The van der Waals surface area contributed by atoms with E-state index in [-0.39, 0.29) is 0 Å². The van der Waals surface area contributed by atoms with Gasteiger partial charge in [0, 0.05) is 17.5 Å². The molecule has 6 nitrogen and oxygen atoms in total. The summed E-state index contributed by atoms with van der Waals surface area (Å²) >= 11 is 1.41. The minimum atomic E-state index is 0.578. The van der Waals surface area contributed by atoms with Gasteiger partial charge in [-0.2, -0.15) is 9.47 Å². The predicted octanol–water partition coefficient (Wildman–Crippen LogP) is 2.61. The van der Waals surface area contributed by atoms with Gasteiger partial charge in [-0.3, -0.25) is 0 Å². The molecular formula is C14H14N6S. The zero-order valence-electron chi connectivity index (χ0n) is 11.3. The molecule has 1 aliphatic carbocycles. The standard InChI is InChI=1S/C14H14N6S/c1-2-4-11(5-3-1)20-12(16-9-17-20)8-15-14-18-13(19-21-14)10-6-7-10/h1-5,9-10H,6-8H2,(H,15,18,19). The fourth-order valence-corrected chi connectivity index (χ4v) is 2.78. The lowest BCUT2D eigenvalue weighted by Gasteiger charge is -2.05. The number of hydrogen-bond donors (Lipinski definition) is 1. The normalized spacial score (nSPS) is 14.3. The average Bonchev–Trinajstić information content (AvgIpc) is 3.10. The van der Waals surface area contributed by atoms with Crippen LogP contribution in [0.5, 0.6) is 0 Å². The molecule has 0 unspecified atom stereocenters. The Hall–Kier alpha value is -2.28. The topological polar surface area (TPSA) is 68.5 Å². The van der Waals surface area contributed by atoms with Gasteiger partial charge in [-0.25, -0.2) is 14.6 Å². The first-order chi connectivity index (χ1) is 10.4. The van der Waals surface area contributed by atoms with E-state index < -0.39 is 0 Å². The number of nitrogens with zero attached hydrogens (tertiary/aromatic N) is 5. The molecule has 1 aromatic carbocycles. The largest absolute Gasteiger partial charge is 0.353 e. The van der Waals surface area contributed by atoms with Crippen molar-refractivity contribution in [3.63, 3.8) is 0 Å². The number of anilines is 1. The van der Waals surface area contributed by atoms with Crippen LogP contribution in [0.2, 0.25) is 0 Å². The van der Waals surface area contributed by atoms with Crippen LogP contribution in [0.25, 0.3) is 5.69 Å². The maximum absolute atomic E-state index is 4.51. The molecule has 1 fully saturated rings. The fraction of sp³-hybridized carbons (Fsp3) is 0.286. The van der Waals surface area contributed by atoms with Crippen LogP contribution in [0, 0.1) is 0 Å². The van der Waals surface area contributed by atoms with Crippen LogP contribution in [-0.2, 0) is 6.54 Å². The highest BCUT2D eigenvalue weighted by atomic mass is 32.1. The number of nitrogens with one attached hydrogen (secondary N) is 1. The van der Waals surface area contributed by atoms with Crippen molar-refractivity contribution in [1.82, 2.24) is 24.1 Å². The highest BCUT2D eigenvalue weighted by molar-refractivity contribution is 7.09. The molecule has 0 bridgehead atoms. The Balaban J connectivity index is 1.48. The lowest BCUT2D eigenvalue weighted by Crippen LogP contribution is -2.08. The highest BCUT2D eigenvalue weighted by Gasteiger charge is 2.27. The monoisotopic (exact) mass is 298 g/mol. The summed E-state index contributed by atoms with van der Waals surface area (Å²) in [7, 11) is 0. The van der Waals surface area contributed by atoms with E-state index in [1.807, 2.05) is 35.0 Å². The van der Waals surface area contributed by atoms with E-state index in [1.165, 1.54) is 24.4 Å². The molecule has 0 saturated heterocycles. The van der Waals surface area contributed by atoms with Gasteiger partial charge in [0.05, 0.1) is 12.2 Å². The number of aromatic nitrogens is 5. The highest BCUT2D eigenvalue weighted by Crippen LogP contribution is 2.39. The summed E-state index contributed by atoms with van der Waals surface area (Å²) in [4.78, 5) is 8.82. The Morgan fingerprint density at radius 3 is 2.90 bits per heavy atom. The second kappa shape index (κ2) is 5.25. The average molecular weight is 298 g/mol. The van der Waals surface area contributed by atoms with Crippen molar-refractivity contribution in [3.05, 3.63) is 48.3 Å². The second-order valence-corrected chi connectivity index (χ2v) is 5.76. The van der Waals surface area contributed by atoms with Crippen LogP contribution in [0.1, 0.15) is 30.4 Å². The van der Waals surface area contributed by atoms with Crippen LogP contribution in [0.3, 0.4) is 0 Å². The third-order valence-corrected chi connectivity index (χ3v) is 4.09. The van der Waals surface area contributed by atoms with Crippen LogP contribution >= 0.6 is 11.5 Å². The molecule has 0 amide bonds. The smallest absolute Gasteiger partial charge is 0.202 e. The summed E-state index contributed by atoms with van der Waals surface area (Å²) in [5, 5.41) is 8.40. The Morgan fingerprint density at radius 1 is 1.24 bits per heavy atom. The third kappa shape index (κ3) is 2.64. The Labute approximate surface area is 126 Å². The van der Waals surface area contributed by atoms with Gasteiger partial charge < -0.3 is 5.32 Å². The minimum absolute atomic E-state index is 0.578. The van der Waals surface area contributed by atoms with Gasteiger partial charge in [0.1, 0.15) is 12.2 Å². The molecule has 4 rings (SSSR count). The van der Waals surface area contributed by atoms with E-state index in [0.29, 0.717) is 12.5 Å². The van der Waals surface area contributed by atoms with Crippen molar-refractivity contribution >= 4 is 16.7 Å². The molecule has 0 atom stereocenters. The van der Waals surface area contributed by atoms with Crippen molar-refractivity contribution in [2.24, 2.45) is 0 Å². The van der Waals surface area contributed by atoms with Gasteiger partial charge in [0.25, 0.3) is 0 Å². The SMILES string of the molecule is c1ccc(-n2ncnc2CNc2nc(C3CC3)ns2)cc1. The predicted molar refractivity (Wildman–Crippen MR) is 80.6 cm³/mol. The molecule has 3 aromatic rings. The van der Waals surface area contributed by atoms with Crippen molar-refractivity contribution in [2.75, 3.05) is 5.32 Å². The lowest BCUT2D eigenvalue weighted by atomic mass is 10.3. The molecule has 1 N–H and O–H groups in total. The van der Waals surface area contributed by atoms with Crippen LogP contribution < -0.4 is 5.32 Å². The summed E-state index contributed by atoms with van der Waals surface area (Å²) in [6, 6.07) is 9.98. The zero-order chi connectivity index (χ0) is 14.1. The van der Waals surface area contributed by atoms with E-state index in [2.05, 4.69) is 24.8 Å². The van der Waals surface area contributed by atoms with Crippen molar-refractivity contribution in [2.45, 2.75) is 25.3 Å². The van der Waals surface area contributed by atoms with Gasteiger partial charge in [0.15, 0.2) is 5.82 Å². The van der Waals surface area contributed by atoms with Gasteiger partial charge in [-0.15, -0.1) is 0 Å². The van der Waals surface area contributed by atoms with Crippen LogP contribution in [0.4, 0.5) is 5.13 Å². The van der Waals surface area contributed by atoms with Crippen LogP contribution in [0.15, 0.2) is 36.7 Å². The Bertz CT molecular complexity index is 731. The molecule has 21 heavy (non-hydrogen) atoms. The number of para-hydroxylation sites is 1. The maximum Gasteiger partial charge on any atom is 0.202 e. The molecule has 7 heteroatoms. The Kier molecular flexibility index (Phi) is 3.11. The Morgan fingerprint density at radius 2 is 2.10 bits per heavy atom. The van der Waals surface area contributed by atoms with Crippen molar-refractivity contribution < 1.29 is 0 Å². The van der Waals surface area contributed by atoms with E-state index in [4.69, 9.17) is 0 Å². The molecule has 2 aromatic heterocycles. The number of benzene rings is 1. The summed E-state index contributed by atoms with van der Waals surface area (Å²) in [5.41, 5.74) is 1.00. The van der Waals surface area contributed by atoms with Crippen molar-refractivity contribution in [3.8, 4) is 5.69 Å². The quantitative estimate of drug-likeness (QED) is 0.784. The molecule has 0 aliphatic heterocycles. The van der Waals surface area contributed by atoms with Crippen LogP contribution in [-0.4, -0.2) is 24.1 Å². The molecule has 2 heterocycles. The first-order valence-corrected chi connectivity index (χ1v) is 7.69. The summed E-state index contributed by atoms with van der Waals surface area (Å²) in [6.45, 7) is 0.578. The third-order valence-electron chi connectivity index (χ3n) is 3.40. The molecule has 106 valence electrons. The fourth-order valence-electron chi connectivity index (χ4n) is 2.14. The lowest BCUT2D eigenvalue weighted by molar-refractivity contribution is 0.804. The summed E-state index contributed by atoms with van der Waals surface area (Å²) in [5.74, 6) is 2.42. The molecule has 0 radical (unpaired) electrons. The van der Waals surface area contributed by atoms with E-state index in [9.17, 15) is 0 Å². The molecule has 1 aliphatic rings. The molecule has 0 spiro atoms. The molecular weight excluding hydrogens is 284 g/mol. The van der Waals surface area contributed by atoms with Gasteiger partial charge in [0.2, 0.25) is 5.13 Å². The summed E-state index contributed by atoms with van der Waals surface area (Å²) < 4.78 is 6.21. The number of rotatable bonds is 5. The maximum atomic E-state index is 4.51. The number of hydrogen-bond acceptors (Lipinski definition) is 6. The first kappa shape index (κ1) is 12.5. The van der Waals surface area contributed by atoms with E-state index in [0.717, 1.165) is 22.5 Å². The second-order valence-electron chi connectivity index (χ2n) is 5.01. The van der Waals surface area contributed by atoms with E-state index in [1.54, 1.807) is 6.33 Å². The zero-order valence-corrected chi connectivity index (χ0v) is 12.1.